The molecule has 0 radical (unpaired) electrons. The Labute approximate surface area is 171 Å². The van der Waals surface area contributed by atoms with Gasteiger partial charge in [0, 0.05) is 11.6 Å². The summed E-state index contributed by atoms with van der Waals surface area (Å²) in [6, 6.07) is 2.85. The molecular weight excluding hydrogens is 398 g/mol. The van der Waals surface area contributed by atoms with Gasteiger partial charge in [0.2, 0.25) is 5.75 Å². The van der Waals surface area contributed by atoms with Crippen LogP contribution in [0.5, 0.6) is 11.5 Å². The molecule has 10 nitrogen and oxygen atoms in total. The third-order valence-corrected chi connectivity index (χ3v) is 4.78. The van der Waals surface area contributed by atoms with Gasteiger partial charge in [-0.05, 0) is 18.9 Å². The van der Waals surface area contributed by atoms with Gasteiger partial charge >= 0.3 is 5.69 Å². The Balaban J connectivity index is 2.22. The molecule has 0 aliphatic carbocycles. The number of ether oxygens (including phenoxy) is 2. The summed E-state index contributed by atoms with van der Waals surface area (Å²) in [5, 5.41) is 15.6. The zero-order valence-electron chi connectivity index (χ0n) is 16.4. The van der Waals surface area contributed by atoms with Crippen LogP contribution in [0.1, 0.15) is 47.6 Å². The lowest BCUT2D eigenvalue weighted by Crippen LogP contribution is -2.17. The number of carbonyl (C=O) groups is 1. The van der Waals surface area contributed by atoms with Gasteiger partial charge in [-0.25, -0.2) is 10.4 Å². The summed E-state index contributed by atoms with van der Waals surface area (Å²) in [6.45, 7) is 4.20. The molecular formula is C18H23N5O5S. The molecule has 0 aliphatic heterocycles. The number of nitrogens with one attached hydrogen (secondary N) is 1. The summed E-state index contributed by atoms with van der Waals surface area (Å²) < 4.78 is 10.8. The predicted octanol–water partition coefficient (Wildman–Crippen LogP) is 3.15. The van der Waals surface area contributed by atoms with Crippen molar-refractivity contribution in [2.75, 3.05) is 19.5 Å². The number of amides is 1. The van der Waals surface area contributed by atoms with E-state index >= 15 is 0 Å². The maximum atomic E-state index is 12.3. The molecule has 0 fully saturated rings. The highest BCUT2D eigenvalue weighted by molar-refractivity contribution is 7.17. The second kappa shape index (κ2) is 10.4. The average Bonchev–Trinajstić information content (AvgIpc) is 3.09. The van der Waals surface area contributed by atoms with E-state index in [0.717, 1.165) is 24.2 Å². The van der Waals surface area contributed by atoms with Crippen LogP contribution in [0.4, 0.5) is 10.8 Å². The number of hydrogen-bond acceptors (Lipinski definition) is 9. The molecule has 0 atom stereocenters. The van der Waals surface area contributed by atoms with Crippen LogP contribution >= 0.6 is 11.3 Å². The summed E-state index contributed by atoms with van der Waals surface area (Å²) in [5.41, 5.74) is 8.75. The minimum absolute atomic E-state index is 0.0693. The van der Waals surface area contributed by atoms with Gasteiger partial charge in [0.05, 0.1) is 30.5 Å². The van der Waals surface area contributed by atoms with E-state index in [1.165, 1.54) is 19.4 Å². The number of carbonyl (C=O) groups excluding carboxylic acids is 1. The molecule has 0 saturated carbocycles. The van der Waals surface area contributed by atoms with Crippen LogP contribution in [0.25, 0.3) is 0 Å². The number of anilines is 1. The Hall–Kier alpha value is -3.21. The summed E-state index contributed by atoms with van der Waals surface area (Å²) >= 11 is 1.07. The predicted molar refractivity (Wildman–Crippen MR) is 111 cm³/mol. The monoisotopic (exact) mass is 421 g/mol. The van der Waals surface area contributed by atoms with E-state index in [0.29, 0.717) is 34.3 Å². The molecule has 1 amide bonds. The topological polar surface area (TPSA) is 142 Å². The van der Waals surface area contributed by atoms with E-state index in [-0.39, 0.29) is 17.2 Å². The maximum Gasteiger partial charge on any atom is 0.315 e. The van der Waals surface area contributed by atoms with Crippen molar-refractivity contribution in [3.8, 4) is 11.5 Å². The number of hydrazone groups is 1. The number of aryl methyl sites for hydroxylation is 1. The van der Waals surface area contributed by atoms with Crippen LogP contribution in [0.3, 0.4) is 0 Å². The first-order valence-corrected chi connectivity index (χ1v) is 9.80. The Morgan fingerprint density at radius 1 is 1.45 bits per heavy atom. The zero-order chi connectivity index (χ0) is 21.4. The molecule has 0 unspecified atom stereocenters. The molecule has 29 heavy (non-hydrogen) atoms. The highest BCUT2D eigenvalue weighted by atomic mass is 32.1. The minimum Gasteiger partial charge on any atom is -0.493 e. The van der Waals surface area contributed by atoms with E-state index in [2.05, 4.69) is 15.5 Å². The number of methoxy groups -OCH3 is 1. The van der Waals surface area contributed by atoms with Gasteiger partial charge in [-0.2, -0.15) is 5.10 Å². The molecule has 3 N–H and O–H groups in total. The quantitative estimate of drug-likeness (QED) is 0.260. The Kier molecular flexibility index (Phi) is 7.89. The minimum atomic E-state index is -0.548. The van der Waals surface area contributed by atoms with Crippen LogP contribution in [-0.4, -0.2) is 35.7 Å². The Bertz CT molecular complexity index is 912. The first kappa shape index (κ1) is 22.1. The SMILES string of the molecule is CCCCOc1c(OC)cc(/C=N\NC(=O)c2sc(N)nc2CC)cc1[N+](=O)[O-]. The third kappa shape index (κ3) is 5.64. The number of nitro groups is 1. The molecule has 2 rings (SSSR count). The summed E-state index contributed by atoms with van der Waals surface area (Å²) in [6.07, 6.45) is 3.51. The number of benzene rings is 1. The van der Waals surface area contributed by atoms with Crippen molar-refractivity contribution in [1.29, 1.82) is 0 Å². The van der Waals surface area contributed by atoms with Crippen LogP contribution in [-0.2, 0) is 6.42 Å². The smallest absolute Gasteiger partial charge is 0.315 e. The standard InChI is InChI=1S/C18H23N5O5S/c1-4-6-7-28-15-13(23(25)26)8-11(9-14(15)27-3)10-20-22-17(24)16-12(5-2)21-18(19)29-16/h8-10H,4-7H2,1-3H3,(H2,19,21)(H,22,24)/b20-10-. The first-order chi connectivity index (χ1) is 13.9. The van der Waals surface area contributed by atoms with E-state index in [9.17, 15) is 14.9 Å². The van der Waals surface area contributed by atoms with Crippen LogP contribution < -0.4 is 20.6 Å². The van der Waals surface area contributed by atoms with Crippen LogP contribution in [0.2, 0.25) is 0 Å². The molecule has 1 aromatic heterocycles. The van der Waals surface area contributed by atoms with Crippen molar-refractivity contribution >= 4 is 34.3 Å². The van der Waals surface area contributed by atoms with Crippen molar-refractivity contribution in [3.63, 3.8) is 0 Å². The normalized spacial score (nSPS) is 10.9. The van der Waals surface area contributed by atoms with Gasteiger partial charge < -0.3 is 15.2 Å². The van der Waals surface area contributed by atoms with Crippen LogP contribution in [0.15, 0.2) is 17.2 Å². The average molecular weight is 421 g/mol. The highest BCUT2D eigenvalue weighted by Crippen LogP contribution is 2.38. The van der Waals surface area contributed by atoms with Gasteiger partial charge in [-0.15, -0.1) is 0 Å². The Morgan fingerprint density at radius 2 is 2.21 bits per heavy atom. The van der Waals surface area contributed by atoms with Gasteiger partial charge in [-0.3, -0.25) is 14.9 Å². The van der Waals surface area contributed by atoms with Crippen molar-refractivity contribution in [2.24, 2.45) is 5.10 Å². The summed E-state index contributed by atoms with van der Waals surface area (Å²) in [4.78, 5) is 27.6. The molecule has 0 aliphatic rings. The fraction of sp³-hybridized carbons (Fsp3) is 0.389. The van der Waals surface area contributed by atoms with E-state index in [1.807, 2.05) is 13.8 Å². The molecule has 156 valence electrons. The van der Waals surface area contributed by atoms with E-state index < -0.39 is 10.8 Å². The number of nitrogens with two attached hydrogens (primary N) is 1. The van der Waals surface area contributed by atoms with Crippen LogP contribution in [0, 0.1) is 10.1 Å². The Morgan fingerprint density at radius 3 is 2.83 bits per heavy atom. The molecule has 1 heterocycles. The molecule has 11 heteroatoms. The van der Waals surface area contributed by atoms with Gasteiger partial charge in [0.1, 0.15) is 4.88 Å². The summed E-state index contributed by atoms with van der Waals surface area (Å²) in [7, 11) is 1.40. The first-order valence-electron chi connectivity index (χ1n) is 8.99. The third-order valence-electron chi connectivity index (χ3n) is 3.85. The number of nitrogens with zero attached hydrogens (tertiary/aromatic N) is 3. The number of hydrogen-bond donors (Lipinski definition) is 2. The molecule has 2 aromatic rings. The molecule has 0 spiro atoms. The van der Waals surface area contributed by atoms with Crippen molar-refractivity contribution in [1.82, 2.24) is 10.4 Å². The molecule has 0 saturated heterocycles. The van der Waals surface area contributed by atoms with Crippen molar-refractivity contribution in [3.05, 3.63) is 38.4 Å². The van der Waals surface area contributed by atoms with E-state index in [1.54, 1.807) is 6.07 Å². The number of nitro benzene ring substituents is 1. The van der Waals surface area contributed by atoms with E-state index in [4.69, 9.17) is 15.2 Å². The van der Waals surface area contributed by atoms with Gasteiger partial charge in [0.15, 0.2) is 10.9 Å². The number of thiazole rings is 1. The number of nitrogen functional groups attached to an aromatic ring is 1. The second-order valence-electron chi connectivity index (χ2n) is 5.91. The van der Waals surface area contributed by atoms with Crippen molar-refractivity contribution in [2.45, 2.75) is 33.1 Å². The van der Waals surface area contributed by atoms with Crippen molar-refractivity contribution < 1.29 is 19.2 Å². The fourth-order valence-electron chi connectivity index (χ4n) is 2.44. The maximum absolute atomic E-state index is 12.3. The largest absolute Gasteiger partial charge is 0.493 e. The summed E-state index contributed by atoms with van der Waals surface area (Å²) in [5.74, 6) is -0.167. The van der Waals surface area contributed by atoms with Gasteiger partial charge in [-0.1, -0.05) is 31.6 Å². The zero-order valence-corrected chi connectivity index (χ0v) is 17.2. The number of unbranched alkanes of at least 4 members (excludes halogenated alkanes) is 1. The second-order valence-corrected chi connectivity index (χ2v) is 6.94. The lowest BCUT2D eigenvalue weighted by Gasteiger charge is -2.11. The van der Waals surface area contributed by atoms with Gasteiger partial charge in [0.25, 0.3) is 5.91 Å². The number of aromatic nitrogens is 1. The highest BCUT2D eigenvalue weighted by Gasteiger charge is 2.22. The lowest BCUT2D eigenvalue weighted by atomic mass is 10.2. The number of rotatable bonds is 10. The fourth-order valence-corrected chi connectivity index (χ4v) is 3.25. The molecule has 1 aromatic carbocycles. The molecule has 0 bridgehead atoms. The lowest BCUT2D eigenvalue weighted by molar-refractivity contribution is -0.386.